The highest BCUT2D eigenvalue weighted by molar-refractivity contribution is 5.89. The highest BCUT2D eigenvalue weighted by atomic mass is 16.5. The first-order chi connectivity index (χ1) is 15.5. The van der Waals surface area contributed by atoms with Crippen molar-refractivity contribution in [3.05, 3.63) is 57.1 Å². The Morgan fingerprint density at radius 1 is 1.16 bits per heavy atom. The first-order valence-electron chi connectivity index (χ1n) is 10.2. The number of carbonyl (C=O) groups is 1. The van der Waals surface area contributed by atoms with Gasteiger partial charge in [-0.05, 0) is 25.1 Å². The average Bonchev–Trinajstić information content (AvgIpc) is 3.32. The van der Waals surface area contributed by atoms with Gasteiger partial charge < -0.3 is 14.6 Å². The van der Waals surface area contributed by atoms with Crippen molar-refractivity contribution >= 4 is 5.91 Å². The molecule has 1 aliphatic heterocycles. The molecule has 1 N–H and O–H groups in total. The first kappa shape index (κ1) is 21.6. The molecular weight excluding hydrogens is 418 g/mol. The second-order valence-corrected chi connectivity index (χ2v) is 7.23. The number of benzene rings is 1. The third-order valence-corrected chi connectivity index (χ3v) is 5.05. The van der Waals surface area contributed by atoms with Crippen LogP contribution in [0.5, 0.6) is 0 Å². The van der Waals surface area contributed by atoms with Crippen molar-refractivity contribution in [1.82, 2.24) is 34.7 Å². The zero-order chi connectivity index (χ0) is 22.5. The Hall–Kier alpha value is -3.64. The summed E-state index contributed by atoms with van der Waals surface area (Å²) in [7, 11) is 1.33. The summed E-state index contributed by atoms with van der Waals surface area (Å²) in [6.45, 7) is 4.50. The Morgan fingerprint density at radius 2 is 1.91 bits per heavy atom. The lowest BCUT2D eigenvalue weighted by Crippen LogP contribution is -2.40. The van der Waals surface area contributed by atoms with Gasteiger partial charge in [-0.1, -0.05) is 23.4 Å². The molecule has 1 saturated heterocycles. The van der Waals surface area contributed by atoms with Crippen LogP contribution in [0.15, 0.2) is 44.4 Å². The summed E-state index contributed by atoms with van der Waals surface area (Å²) in [5.41, 5.74) is -1.05. The predicted molar refractivity (Wildman–Crippen MR) is 113 cm³/mol. The van der Waals surface area contributed by atoms with Gasteiger partial charge in [0.15, 0.2) is 5.69 Å². The lowest BCUT2D eigenvalue weighted by molar-refractivity contribution is 0.0374. The minimum absolute atomic E-state index is 0.172. The highest BCUT2D eigenvalue weighted by Crippen LogP contribution is 2.09. The van der Waals surface area contributed by atoms with Gasteiger partial charge in [0.2, 0.25) is 5.82 Å². The van der Waals surface area contributed by atoms with Crippen LogP contribution in [0.25, 0.3) is 17.2 Å². The molecule has 0 radical (unpaired) electrons. The van der Waals surface area contributed by atoms with Crippen LogP contribution in [0.3, 0.4) is 0 Å². The number of ether oxygens (including phenoxy) is 1. The average molecular weight is 441 g/mol. The lowest BCUT2D eigenvalue weighted by atomic mass is 10.3. The minimum atomic E-state index is -0.694. The molecule has 168 valence electrons. The summed E-state index contributed by atoms with van der Waals surface area (Å²) < 4.78 is 12.3. The number of aromatic nitrogens is 5. The Balaban J connectivity index is 1.47. The number of nitrogens with zero attached hydrogens (tertiary/aromatic N) is 6. The number of amides is 1. The van der Waals surface area contributed by atoms with Crippen LogP contribution in [-0.4, -0.2) is 74.7 Å². The van der Waals surface area contributed by atoms with E-state index in [4.69, 9.17) is 9.26 Å². The van der Waals surface area contributed by atoms with Crippen molar-refractivity contribution in [2.75, 3.05) is 39.4 Å². The van der Waals surface area contributed by atoms with E-state index in [1.165, 1.54) is 7.05 Å². The molecule has 0 saturated carbocycles. The van der Waals surface area contributed by atoms with E-state index in [1.54, 1.807) is 30.3 Å². The van der Waals surface area contributed by atoms with Gasteiger partial charge in [0.25, 0.3) is 5.56 Å². The first-order valence-corrected chi connectivity index (χ1v) is 10.2. The van der Waals surface area contributed by atoms with Crippen molar-refractivity contribution in [1.29, 1.82) is 0 Å². The zero-order valence-electron chi connectivity index (χ0n) is 17.6. The molecule has 32 heavy (non-hydrogen) atoms. The summed E-state index contributed by atoms with van der Waals surface area (Å²) in [4.78, 5) is 43.6. The third-order valence-electron chi connectivity index (χ3n) is 5.05. The van der Waals surface area contributed by atoms with Gasteiger partial charge in [-0.15, -0.1) is 0 Å². The number of hydrogen-bond donors (Lipinski definition) is 1. The van der Waals surface area contributed by atoms with Crippen molar-refractivity contribution in [3.8, 4) is 17.2 Å². The zero-order valence-corrected chi connectivity index (χ0v) is 17.6. The monoisotopic (exact) mass is 441 g/mol. The predicted octanol–water partition coefficient (Wildman–Crippen LogP) is -0.567. The quantitative estimate of drug-likeness (QED) is 0.478. The van der Waals surface area contributed by atoms with E-state index in [0.717, 1.165) is 48.5 Å². The topological polar surface area (TPSA) is 137 Å². The van der Waals surface area contributed by atoms with E-state index < -0.39 is 17.2 Å². The number of rotatable bonds is 7. The lowest BCUT2D eigenvalue weighted by Gasteiger charge is -2.26. The van der Waals surface area contributed by atoms with Crippen LogP contribution in [0, 0.1) is 0 Å². The maximum Gasteiger partial charge on any atom is 0.351 e. The molecule has 12 heteroatoms. The van der Waals surface area contributed by atoms with Gasteiger partial charge in [-0.25, -0.2) is 4.79 Å². The molecule has 3 heterocycles. The molecule has 0 atom stereocenters. The molecule has 0 aliphatic carbocycles. The molecular formula is C20H23N7O5. The maximum atomic E-state index is 12.6. The van der Waals surface area contributed by atoms with Crippen LogP contribution >= 0.6 is 0 Å². The third kappa shape index (κ3) is 4.65. The molecule has 4 rings (SSSR count). The van der Waals surface area contributed by atoms with E-state index in [0.29, 0.717) is 12.2 Å². The molecule has 1 aromatic carbocycles. The van der Waals surface area contributed by atoms with Gasteiger partial charge in [0, 0.05) is 26.7 Å². The van der Waals surface area contributed by atoms with Crippen molar-refractivity contribution < 1.29 is 14.1 Å². The molecule has 3 aromatic rings. The second kappa shape index (κ2) is 9.66. The fourth-order valence-corrected chi connectivity index (χ4v) is 3.27. The molecule has 2 aromatic heterocycles. The Kier molecular flexibility index (Phi) is 6.52. The van der Waals surface area contributed by atoms with E-state index in [-0.39, 0.29) is 17.4 Å². The van der Waals surface area contributed by atoms with Gasteiger partial charge >= 0.3 is 17.5 Å². The highest BCUT2D eigenvalue weighted by Gasteiger charge is 2.21. The van der Waals surface area contributed by atoms with Crippen molar-refractivity contribution in [2.24, 2.45) is 7.05 Å². The Bertz CT molecular complexity index is 1200. The number of hydrogen-bond acceptors (Lipinski definition) is 9. The van der Waals surface area contributed by atoms with Crippen molar-refractivity contribution in [3.63, 3.8) is 0 Å². The molecule has 0 spiro atoms. The van der Waals surface area contributed by atoms with Gasteiger partial charge in [0.05, 0.1) is 18.9 Å². The second-order valence-electron chi connectivity index (χ2n) is 7.23. The number of carbonyl (C=O) groups excluding carboxylic acids is 1. The minimum Gasteiger partial charge on any atom is -0.379 e. The fraction of sp³-hybridized carbons (Fsp3) is 0.400. The molecule has 1 aliphatic rings. The van der Waals surface area contributed by atoms with Crippen LogP contribution < -0.4 is 16.6 Å². The van der Waals surface area contributed by atoms with Gasteiger partial charge in [0.1, 0.15) is 0 Å². The standard InChI is InChI=1S/C20H23N7O5/c1-25-19(29)15(23-27(20(25)30)14-6-3-2-4-7-14)16-22-18(32-24-16)17(28)21-8-5-9-26-10-12-31-13-11-26/h2-4,6-7H,5,8-13H2,1H3,(H,21,28). The van der Waals surface area contributed by atoms with Crippen molar-refractivity contribution in [2.45, 2.75) is 6.42 Å². The Labute approximate surface area is 182 Å². The van der Waals surface area contributed by atoms with E-state index in [9.17, 15) is 14.4 Å². The smallest absolute Gasteiger partial charge is 0.351 e. The normalized spacial score (nSPS) is 14.4. The number of para-hydroxylation sites is 1. The molecule has 12 nitrogen and oxygen atoms in total. The summed E-state index contributed by atoms with van der Waals surface area (Å²) >= 11 is 0. The van der Waals surface area contributed by atoms with Gasteiger partial charge in [-0.3, -0.25) is 19.1 Å². The van der Waals surface area contributed by atoms with E-state index in [1.807, 2.05) is 0 Å². The Morgan fingerprint density at radius 3 is 2.66 bits per heavy atom. The SMILES string of the molecule is Cn1c(=O)c(-c2noc(C(=O)NCCCN3CCOCC3)n2)nn(-c2ccccc2)c1=O. The number of nitrogens with one attached hydrogen (secondary N) is 1. The fourth-order valence-electron chi connectivity index (χ4n) is 3.27. The molecule has 1 fully saturated rings. The van der Waals surface area contributed by atoms with Crippen LogP contribution in [0.2, 0.25) is 0 Å². The maximum absolute atomic E-state index is 12.6. The van der Waals surface area contributed by atoms with E-state index >= 15 is 0 Å². The molecule has 0 bridgehead atoms. The summed E-state index contributed by atoms with van der Waals surface area (Å²) in [5, 5.41) is 10.6. The van der Waals surface area contributed by atoms with Gasteiger partial charge in [-0.2, -0.15) is 14.8 Å². The summed E-state index contributed by atoms with van der Waals surface area (Å²) in [6, 6.07) is 8.62. The summed E-state index contributed by atoms with van der Waals surface area (Å²) in [6.07, 6.45) is 0.761. The molecule has 1 amide bonds. The van der Waals surface area contributed by atoms with Crippen LogP contribution in [0.1, 0.15) is 17.1 Å². The van der Waals surface area contributed by atoms with E-state index in [2.05, 4.69) is 25.5 Å². The number of morpholine rings is 1. The van der Waals surface area contributed by atoms with Crippen LogP contribution in [0.4, 0.5) is 0 Å². The summed E-state index contributed by atoms with van der Waals surface area (Å²) in [5.74, 6) is -1.000. The largest absolute Gasteiger partial charge is 0.379 e. The molecule has 0 unspecified atom stereocenters. The van der Waals surface area contributed by atoms with Crippen LogP contribution in [-0.2, 0) is 11.8 Å².